The normalized spacial score (nSPS) is 17.0. The Morgan fingerprint density at radius 3 is 2.52 bits per heavy atom. The Hall–Kier alpha value is -2.59. The molecule has 0 bridgehead atoms. The van der Waals surface area contributed by atoms with E-state index in [0.29, 0.717) is 34.7 Å². The molecule has 1 N–H and O–H groups in total. The molecule has 0 amide bonds. The van der Waals surface area contributed by atoms with Crippen LogP contribution >= 0.6 is 0 Å². The molecule has 0 unspecified atom stereocenters. The highest BCUT2D eigenvalue weighted by Gasteiger charge is 2.28. The Balaban J connectivity index is 2.09. The Morgan fingerprint density at radius 1 is 1.14 bits per heavy atom. The van der Waals surface area contributed by atoms with Crippen LogP contribution in [0.5, 0.6) is 11.5 Å². The zero-order valence-electron chi connectivity index (χ0n) is 11.4. The predicted molar refractivity (Wildman–Crippen MR) is 78.0 cm³/mol. The Bertz CT molecular complexity index is 701. The lowest BCUT2D eigenvalue weighted by atomic mass is 9.95. The lowest BCUT2D eigenvalue weighted by Crippen LogP contribution is -2.15. The van der Waals surface area contributed by atoms with Crippen molar-refractivity contribution in [3.8, 4) is 11.5 Å². The van der Waals surface area contributed by atoms with Gasteiger partial charge >= 0.3 is 0 Å². The predicted octanol–water partition coefficient (Wildman–Crippen LogP) is 2.73. The molecular weight excluding hydrogens is 268 g/mol. The summed E-state index contributed by atoms with van der Waals surface area (Å²) in [5.74, 6) is 1.64. The van der Waals surface area contributed by atoms with E-state index in [1.807, 2.05) is 6.07 Å². The molecule has 4 nitrogen and oxygen atoms in total. The molecule has 0 aliphatic carbocycles. The standard InChI is InChI=1S/C17H14O4/c1-20-12-8-6-11(7-9-12)17-14(10-18)16(19)13-4-2-3-5-15(13)21-17/h2-10,16,19H,1H3/t16-/m1/s1. The second-order valence-corrected chi connectivity index (χ2v) is 4.67. The number of aldehydes is 1. The molecule has 106 valence electrons. The number of carbonyl (C=O) groups is 1. The second-order valence-electron chi connectivity index (χ2n) is 4.67. The van der Waals surface area contributed by atoms with Crippen LogP contribution < -0.4 is 9.47 Å². The van der Waals surface area contributed by atoms with E-state index < -0.39 is 6.10 Å². The van der Waals surface area contributed by atoms with Gasteiger partial charge in [0.2, 0.25) is 0 Å². The maximum Gasteiger partial charge on any atom is 0.152 e. The van der Waals surface area contributed by atoms with Crippen molar-refractivity contribution in [2.24, 2.45) is 0 Å². The largest absolute Gasteiger partial charge is 0.497 e. The number of para-hydroxylation sites is 1. The Morgan fingerprint density at radius 2 is 1.86 bits per heavy atom. The Labute approximate surface area is 122 Å². The average molecular weight is 282 g/mol. The zero-order chi connectivity index (χ0) is 14.8. The second kappa shape index (κ2) is 5.42. The van der Waals surface area contributed by atoms with Crippen LogP contribution in [0.1, 0.15) is 17.2 Å². The van der Waals surface area contributed by atoms with Crippen LogP contribution in [0.2, 0.25) is 0 Å². The summed E-state index contributed by atoms with van der Waals surface area (Å²) in [5, 5.41) is 10.4. The van der Waals surface area contributed by atoms with Gasteiger partial charge in [-0.25, -0.2) is 0 Å². The number of methoxy groups -OCH3 is 1. The van der Waals surface area contributed by atoms with E-state index in [1.54, 1.807) is 49.6 Å². The summed E-state index contributed by atoms with van der Waals surface area (Å²) in [6.07, 6.45) is -0.343. The quantitative estimate of drug-likeness (QED) is 0.879. The van der Waals surface area contributed by atoms with Gasteiger partial charge in [0.1, 0.15) is 23.4 Å². The van der Waals surface area contributed by atoms with Crippen molar-refractivity contribution < 1.29 is 19.4 Å². The molecule has 1 aliphatic rings. The molecule has 2 aromatic carbocycles. The van der Waals surface area contributed by atoms with Gasteiger partial charge in [-0.1, -0.05) is 18.2 Å². The van der Waals surface area contributed by atoms with Gasteiger partial charge in [-0.3, -0.25) is 4.79 Å². The van der Waals surface area contributed by atoms with Crippen LogP contribution in [-0.4, -0.2) is 18.5 Å². The minimum atomic E-state index is -0.982. The number of fused-ring (bicyclic) bond motifs is 1. The summed E-state index contributed by atoms with van der Waals surface area (Å²) in [6, 6.07) is 14.3. The summed E-state index contributed by atoms with van der Waals surface area (Å²) in [7, 11) is 1.59. The van der Waals surface area contributed by atoms with Crippen molar-refractivity contribution in [2.45, 2.75) is 6.10 Å². The van der Waals surface area contributed by atoms with E-state index in [9.17, 15) is 9.90 Å². The van der Waals surface area contributed by atoms with Gasteiger partial charge in [0.05, 0.1) is 12.7 Å². The van der Waals surface area contributed by atoms with Crippen molar-refractivity contribution in [1.82, 2.24) is 0 Å². The summed E-state index contributed by atoms with van der Waals surface area (Å²) in [4.78, 5) is 11.4. The van der Waals surface area contributed by atoms with E-state index in [4.69, 9.17) is 9.47 Å². The van der Waals surface area contributed by atoms with Crippen LogP contribution in [-0.2, 0) is 4.79 Å². The molecule has 0 fully saturated rings. The number of hydrogen-bond acceptors (Lipinski definition) is 4. The number of rotatable bonds is 3. The lowest BCUT2D eigenvalue weighted by molar-refractivity contribution is -0.105. The fourth-order valence-corrected chi connectivity index (χ4v) is 2.35. The molecule has 0 saturated heterocycles. The van der Waals surface area contributed by atoms with Gasteiger partial charge in [0, 0.05) is 11.1 Å². The van der Waals surface area contributed by atoms with Crippen molar-refractivity contribution >= 4 is 12.0 Å². The molecule has 0 aromatic heterocycles. The van der Waals surface area contributed by atoms with Crippen molar-refractivity contribution in [3.05, 3.63) is 65.2 Å². The monoisotopic (exact) mass is 282 g/mol. The molecule has 0 spiro atoms. The molecule has 3 rings (SSSR count). The highest BCUT2D eigenvalue weighted by molar-refractivity contribution is 5.89. The number of ether oxygens (including phenoxy) is 2. The molecule has 2 aromatic rings. The third-order valence-corrected chi connectivity index (χ3v) is 3.46. The highest BCUT2D eigenvalue weighted by Crippen LogP contribution is 2.40. The van der Waals surface area contributed by atoms with Crippen LogP contribution in [0.4, 0.5) is 0 Å². The van der Waals surface area contributed by atoms with Gasteiger partial charge in [0.25, 0.3) is 0 Å². The first-order valence-electron chi connectivity index (χ1n) is 6.53. The number of carbonyl (C=O) groups excluding carboxylic acids is 1. The maximum atomic E-state index is 11.4. The summed E-state index contributed by atoms with van der Waals surface area (Å²) in [5.41, 5.74) is 1.53. The first-order chi connectivity index (χ1) is 10.2. The lowest BCUT2D eigenvalue weighted by Gasteiger charge is -2.25. The van der Waals surface area contributed by atoms with Gasteiger partial charge < -0.3 is 14.6 Å². The molecule has 0 saturated carbocycles. The third kappa shape index (κ3) is 2.30. The molecule has 1 heterocycles. The zero-order valence-corrected chi connectivity index (χ0v) is 11.4. The average Bonchev–Trinajstić information content (AvgIpc) is 2.55. The van der Waals surface area contributed by atoms with Crippen LogP contribution in [0, 0.1) is 0 Å². The summed E-state index contributed by atoms with van der Waals surface area (Å²) < 4.78 is 10.9. The fourth-order valence-electron chi connectivity index (χ4n) is 2.35. The molecular formula is C17H14O4. The smallest absolute Gasteiger partial charge is 0.152 e. The van der Waals surface area contributed by atoms with Gasteiger partial charge in [-0.05, 0) is 30.3 Å². The van der Waals surface area contributed by atoms with Gasteiger partial charge in [-0.15, -0.1) is 0 Å². The van der Waals surface area contributed by atoms with Gasteiger partial charge in [0.15, 0.2) is 6.29 Å². The fraction of sp³-hybridized carbons (Fsp3) is 0.118. The van der Waals surface area contributed by atoms with E-state index in [-0.39, 0.29) is 5.57 Å². The number of hydrogen-bond donors (Lipinski definition) is 1. The topological polar surface area (TPSA) is 55.8 Å². The van der Waals surface area contributed by atoms with E-state index in [0.717, 1.165) is 0 Å². The SMILES string of the molecule is COc1ccc(C2=C(C=O)[C@H](O)c3ccccc3O2)cc1. The summed E-state index contributed by atoms with van der Waals surface area (Å²) in [6.45, 7) is 0. The molecule has 1 aliphatic heterocycles. The molecule has 1 atom stereocenters. The van der Waals surface area contributed by atoms with Crippen LogP contribution in [0.3, 0.4) is 0 Å². The molecule has 0 radical (unpaired) electrons. The molecule has 4 heteroatoms. The van der Waals surface area contributed by atoms with E-state index >= 15 is 0 Å². The first kappa shape index (κ1) is 13.4. The van der Waals surface area contributed by atoms with Crippen molar-refractivity contribution in [2.75, 3.05) is 7.11 Å². The van der Waals surface area contributed by atoms with Gasteiger partial charge in [-0.2, -0.15) is 0 Å². The first-order valence-corrected chi connectivity index (χ1v) is 6.53. The maximum absolute atomic E-state index is 11.4. The Kier molecular flexibility index (Phi) is 3.46. The number of benzene rings is 2. The van der Waals surface area contributed by atoms with Crippen LogP contribution in [0.15, 0.2) is 54.1 Å². The van der Waals surface area contributed by atoms with Crippen molar-refractivity contribution in [3.63, 3.8) is 0 Å². The molecule has 21 heavy (non-hydrogen) atoms. The van der Waals surface area contributed by atoms with E-state index in [1.165, 1.54) is 0 Å². The minimum absolute atomic E-state index is 0.221. The van der Waals surface area contributed by atoms with Crippen molar-refractivity contribution in [1.29, 1.82) is 0 Å². The number of aliphatic hydroxyl groups is 1. The summed E-state index contributed by atoms with van der Waals surface area (Å²) >= 11 is 0. The highest BCUT2D eigenvalue weighted by atomic mass is 16.5. The van der Waals surface area contributed by atoms with E-state index in [2.05, 4.69) is 0 Å². The van der Waals surface area contributed by atoms with Crippen LogP contribution in [0.25, 0.3) is 5.76 Å². The minimum Gasteiger partial charge on any atom is -0.497 e. The number of aliphatic hydroxyl groups excluding tert-OH is 1. The third-order valence-electron chi connectivity index (χ3n) is 3.46.